The van der Waals surface area contributed by atoms with Crippen molar-refractivity contribution in [3.63, 3.8) is 0 Å². The number of aromatic nitrogens is 1. The second-order valence-electron chi connectivity index (χ2n) is 10.9. The summed E-state index contributed by atoms with van der Waals surface area (Å²) < 4.78 is 5.57. The van der Waals surface area contributed by atoms with Crippen LogP contribution >= 0.6 is 0 Å². The predicted octanol–water partition coefficient (Wildman–Crippen LogP) is 6.42. The van der Waals surface area contributed by atoms with E-state index in [0.717, 1.165) is 48.1 Å². The third kappa shape index (κ3) is 4.83. The van der Waals surface area contributed by atoms with E-state index in [4.69, 9.17) is 9.72 Å². The molecule has 0 aliphatic carbocycles. The van der Waals surface area contributed by atoms with Gasteiger partial charge in [-0.3, -0.25) is 9.88 Å². The number of aliphatic hydroxyl groups is 1. The van der Waals surface area contributed by atoms with Gasteiger partial charge in [-0.05, 0) is 72.4 Å². The predicted molar refractivity (Wildman–Crippen MR) is 137 cm³/mol. The number of hydrogen-bond donors (Lipinski definition) is 1. The van der Waals surface area contributed by atoms with E-state index in [9.17, 15) is 5.11 Å². The van der Waals surface area contributed by atoms with Gasteiger partial charge in [0, 0.05) is 24.2 Å². The van der Waals surface area contributed by atoms with Gasteiger partial charge in [0.25, 0.3) is 0 Å². The van der Waals surface area contributed by atoms with Crippen LogP contribution in [0, 0.1) is 11.8 Å². The van der Waals surface area contributed by atoms with Gasteiger partial charge in [0.2, 0.25) is 0 Å². The Kier molecular flexibility index (Phi) is 7.45. The van der Waals surface area contributed by atoms with Gasteiger partial charge in [-0.1, -0.05) is 52.5 Å². The SMILES string of the molecule is C=CC1CN2CCC1CC2[C@H](O)c1c(C(C)(C)CCCCCC)cnc2ccc(OC)cc12. The molecule has 5 atom stereocenters. The molecule has 0 radical (unpaired) electrons. The molecule has 1 aromatic heterocycles. The number of nitrogens with zero attached hydrogens (tertiary/aromatic N) is 2. The van der Waals surface area contributed by atoms with Gasteiger partial charge in [0.15, 0.2) is 0 Å². The second kappa shape index (κ2) is 10.1. The lowest BCUT2D eigenvalue weighted by molar-refractivity contribution is -0.0449. The minimum absolute atomic E-state index is 0.0546. The van der Waals surface area contributed by atoms with E-state index in [1.54, 1.807) is 7.11 Å². The average Bonchev–Trinajstić information content (AvgIpc) is 2.85. The first-order chi connectivity index (χ1) is 15.9. The highest BCUT2D eigenvalue weighted by molar-refractivity contribution is 5.85. The summed E-state index contributed by atoms with van der Waals surface area (Å²) in [5, 5.41) is 13.0. The smallest absolute Gasteiger partial charge is 0.119 e. The average molecular weight is 451 g/mol. The summed E-state index contributed by atoms with van der Waals surface area (Å²) in [4.78, 5) is 7.34. The number of rotatable bonds is 10. The molecule has 0 amide bonds. The highest BCUT2D eigenvalue weighted by Gasteiger charge is 2.43. The van der Waals surface area contributed by atoms with Crippen LogP contribution in [-0.2, 0) is 5.41 Å². The molecule has 3 aliphatic heterocycles. The highest BCUT2D eigenvalue weighted by atomic mass is 16.5. The van der Waals surface area contributed by atoms with Gasteiger partial charge >= 0.3 is 0 Å². The van der Waals surface area contributed by atoms with Crippen molar-refractivity contribution < 1.29 is 9.84 Å². The molecular weight excluding hydrogens is 408 g/mol. The Morgan fingerprint density at radius 2 is 2.12 bits per heavy atom. The Balaban J connectivity index is 1.75. The Morgan fingerprint density at radius 1 is 1.30 bits per heavy atom. The first-order valence-corrected chi connectivity index (χ1v) is 12.9. The summed E-state index contributed by atoms with van der Waals surface area (Å²) in [5.41, 5.74) is 3.12. The molecule has 3 fully saturated rings. The van der Waals surface area contributed by atoms with Gasteiger partial charge in [0.05, 0.1) is 18.7 Å². The van der Waals surface area contributed by atoms with Crippen LogP contribution in [0.5, 0.6) is 5.75 Å². The summed E-state index contributed by atoms with van der Waals surface area (Å²) in [6, 6.07) is 6.19. The number of pyridine rings is 1. The van der Waals surface area contributed by atoms with Crippen molar-refractivity contribution in [2.75, 3.05) is 20.2 Å². The van der Waals surface area contributed by atoms with Crippen molar-refractivity contribution in [3.05, 3.63) is 48.2 Å². The van der Waals surface area contributed by atoms with Crippen LogP contribution in [0.25, 0.3) is 10.9 Å². The molecule has 33 heavy (non-hydrogen) atoms. The third-order valence-electron chi connectivity index (χ3n) is 8.32. The van der Waals surface area contributed by atoms with E-state index in [1.165, 1.54) is 37.7 Å². The molecule has 4 unspecified atom stereocenters. The number of piperidine rings is 3. The summed E-state index contributed by atoms with van der Waals surface area (Å²) in [6.07, 6.45) is 11.9. The van der Waals surface area contributed by atoms with Crippen LogP contribution < -0.4 is 4.74 Å². The Bertz CT molecular complexity index is 969. The van der Waals surface area contributed by atoms with E-state index in [1.807, 2.05) is 18.3 Å². The van der Waals surface area contributed by atoms with Crippen LogP contribution in [0.15, 0.2) is 37.1 Å². The minimum atomic E-state index is -0.541. The van der Waals surface area contributed by atoms with Crippen molar-refractivity contribution in [2.24, 2.45) is 11.8 Å². The van der Waals surface area contributed by atoms with Crippen LogP contribution in [0.2, 0.25) is 0 Å². The summed E-state index contributed by atoms with van der Waals surface area (Å²) in [7, 11) is 1.70. The standard InChI is InChI=1S/C29H42N2O2/c1-6-8-9-10-14-29(3,4)24-18-30-25-12-11-22(33-5)17-23(25)27(24)28(32)26-16-21-13-15-31(26)19-20(21)7-2/h7,11-12,17-18,20-21,26,28,32H,2,6,8-10,13-16,19H2,1,3-5H3/t20?,21?,26?,28-/m0/s1. The fraction of sp³-hybridized carbons (Fsp3) is 0.621. The third-order valence-corrected chi connectivity index (χ3v) is 8.32. The van der Waals surface area contributed by atoms with Gasteiger partial charge in [-0.15, -0.1) is 6.58 Å². The van der Waals surface area contributed by atoms with Crippen LogP contribution in [0.4, 0.5) is 0 Å². The number of benzene rings is 1. The van der Waals surface area contributed by atoms with Crippen LogP contribution in [-0.4, -0.2) is 41.2 Å². The van der Waals surface area contributed by atoms with Crippen molar-refractivity contribution in [2.45, 2.75) is 83.3 Å². The van der Waals surface area contributed by atoms with Crippen molar-refractivity contribution >= 4 is 10.9 Å². The number of hydrogen-bond acceptors (Lipinski definition) is 4. The van der Waals surface area contributed by atoms with Crippen molar-refractivity contribution in [1.82, 2.24) is 9.88 Å². The molecule has 3 aliphatic rings. The summed E-state index contributed by atoms with van der Waals surface area (Å²) in [6.45, 7) is 13.0. The molecule has 2 bridgehead atoms. The lowest BCUT2D eigenvalue weighted by Crippen LogP contribution is -2.55. The maximum absolute atomic E-state index is 12.0. The Hall–Kier alpha value is -1.91. The fourth-order valence-corrected chi connectivity index (χ4v) is 6.20. The molecule has 1 N–H and O–H groups in total. The van der Waals surface area contributed by atoms with Gasteiger partial charge in [-0.25, -0.2) is 0 Å². The van der Waals surface area contributed by atoms with E-state index >= 15 is 0 Å². The lowest BCUT2D eigenvalue weighted by Gasteiger charge is -2.51. The molecular formula is C29H42N2O2. The number of fused-ring (bicyclic) bond motifs is 4. The van der Waals surface area contributed by atoms with E-state index < -0.39 is 6.10 Å². The lowest BCUT2D eigenvalue weighted by atomic mass is 9.71. The quantitative estimate of drug-likeness (QED) is 0.335. The van der Waals surface area contributed by atoms with E-state index in [0.29, 0.717) is 11.8 Å². The highest BCUT2D eigenvalue weighted by Crippen LogP contribution is 2.45. The maximum Gasteiger partial charge on any atom is 0.119 e. The largest absolute Gasteiger partial charge is 0.497 e. The monoisotopic (exact) mass is 450 g/mol. The molecule has 0 spiro atoms. The molecule has 3 saturated heterocycles. The Morgan fingerprint density at radius 3 is 2.79 bits per heavy atom. The first kappa shape index (κ1) is 24.2. The van der Waals surface area contributed by atoms with Crippen molar-refractivity contribution in [3.8, 4) is 5.75 Å². The molecule has 5 rings (SSSR count). The van der Waals surface area contributed by atoms with Crippen LogP contribution in [0.1, 0.15) is 82.9 Å². The molecule has 4 nitrogen and oxygen atoms in total. The topological polar surface area (TPSA) is 45.6 Å². The Labute approximate surface area is 200 Å². The number of unbranched alkanes of at least 4 members (excludes halogenated alkanes) is 3. The zero-order chi connectivity index (χ0) is 23.6. The maximum atomic E-state index is 12.0. The fourth-order valence-electron chi connectivity index (χ4n) is 6.20. The second-order valence-corrected chi connectivity index (χ2v) is 10.9. The van der Waals surface area contributed by atoms with E-state index in [2.05, 4.69) is 44.4 Å². The molecule has 1 aromatic carbocycles. The minimum Gasteiger partial charge on any atom is -0.497 e. The molecule has 4 heteroatoms. The summed E-state index contributed by atoms with van der Waals surface area (Å²) >= 11 is 0. The van der Waals surface area contributed by atoms with Gasteiger partial charge in [0.1, 0.15) is 5.75 Å². The number of aliphatic hydroxyl groups excluding tert-OH is 1. The molecule has 0 saturated carbocycles. The summed E-state index contributed by atoms with van der Waals surface area (Å²) in [5.74, 6) is 1.99. The molecule has 180 valence electrons. The number of ether oxygens (including phenoxy) is 1. The van der Waals surface area contributed by atoms with E-state index in [-0.39, 0.29) is 11.5 Å². The number of methoxy groups -OCH3 is 1. The van der Waals surface area contributed by atoms with Gasteiger partial charge in [-0.2, -0.15) is 0 Å². The molecule has 4 heterocycles. The van der Waals surface area contributed by atoms with Gasteiger partial charge < -0.3 is 9.84 Å². The zero-order valence-electron chi connectivity index (χ0n) is 21.0. The van der Waals surface area contributed by atoms with Crippen LogP contribution in [0.3, 0.4) is 0 Å². The normalized spacial score (nSPS) is 25.8. The molecule has 2 aromatic rings. The van der Waals surface area contributed by atoms with Crippen molar-refractivity contribution in [1.29, 1.82) is 0 Å². The first-order valence-electron chi connectivity index (χ1n) is 12.9. The zero-order valence-corrected chi connectivity index (χ0v) is 21.0.